The minimum absolute atomic E-state index is 0.228. The predicted molar refractivity (Wildman–Crippen MR) is 59.2 cm³/mol. The van der Waals surface area contributed by atoms with Crippen LogP contribution in [0.5, 0.6) is 0 Å². The molecule has 0 saturated carbocycles. The first-order valence-corrected chi connectivity index (χ1v) is 5.70. The number of halogens is 3. The molecule has 0 aliphatic heterocycles. The van der Waals surface area contributed by atoms with Crippen molar-refractivity contribution >= 4 is 15.9 Å². The van der Waals surface area contributed by atoms with Crippen LogP contribution in [0.15, 0.2) is 22.9 Å². The first kappa shape index (κ1) is 11.3. The van der Waals surface area contributed by atoms with Crippen molar-refractivity contribution < 1.29 is 13.2 Å². The van der Waals surface area contributed by atoms with Gasteiger partial charge in [-0.15, -0.1) is 0 Å². The van der Waals surface area contributed by atoms with E-state index in [4.69, 9.17) is 4.42 Å². The molecule has 2 rings (SSSR count). The maximum atomic E-state index is 13.6. The third kappa shape index (κ3) is 1.87. The van der Waals surface area contributed by atoms with Gasteiger partial charge in [0, 0.05) is 11.4 Å². The summed E-state index contributed by atoms with van der Waals surface area (Å²) < 4.78 is 31.8. The van der Waals surface area contributed by atoms with E-state index in [1.807, 2.05) is 0 Å². The van der Waals surface area contributed by atoms with E-state index in [0.29, 0.717) is 22.3 Å². The van der Waals surface area contributed by atoms with Crippen LogP contribution in [0.4, 0.5) is 8.78 Å². The standard InChI is InChI=1S/C11H8BrF2NO/c1-6-2-7(9(14)3-8(6)13)11-10(4-12)15-5-16-11/h2-3,5H,4H2,1H3. The van der Waals surface area contributed by atoms with Gasteiger partial charge in [0.1, 0.15) is 11.6 Å². The second-order valence-corrected chi connectivity index (χ2v) is 3.90. The van der Waals surface area contributed by atoms with Gasteiger partial charge in [0.15, 0.2) is 12.2 Å². The van der Waals surface area contributed by atoms with E-state index in [0.717, 1.165) is 6.07 Å². The highest BCUT2D eigenvalue weighted by Gasteiger charge is 2.16. The van der Waals surface area contributed by atoms with E-state index in [1.54, 1.807) is 6.92 Å². The van der Waals surface area contributed by atoms with Crippen LogP contribution in [0.3, 0.4) is 0 Å². The Kier molecular flexibility index (Phi) is 3.05. The fraction of sp³-hybridized carbons (Fsp3) is 0.182. The van der Waals surface area contributed by atoms with Crippen LogP contribution in [0, 0.1) is 18.6 Å². The summed E-state index contributed by atoms with van der Waals surface area (Å²) in [5.41, 5.74) is 1.18. The Balaban J connectivity index is 2.60. The number of rotatable bonds is 2. The molecule has 2 nitrogen and oxygen atoms in total. The van der Waals surface area contributed by atoms with Gasteiger partial charge in [-0.25, -0.2) is 13.8 Å². The van der Waals surface area contributed by atoms with Gasteiger partial charge < -0.3 is 4.42 Å². The molecule has 0 saturated heterocycles. The summed E-state index contributed by atoms with van der Waals surface area (Å²) in [6.45, 7) is 1.57. The van der Waals surface area contributed by atoms with E-state index in [1.165, 1.54) is 12.5 Å². The van der Waals surface area contributed by atoms with Gasteiger partial charge in [-0.1, -0.05) is 15.9 Å². The second-order valence-electron chi connectivity index (χ2n) is 3.34. The number of nitrogens with zero attached hydrogens (tertiary/aromatic N) is 1. The lowest BCUT2D eigenvalue weighted by atomic mass is 10.1. The molecule has 0 radical (unpaired) electrons. The van der Waals surface area contributed by atoms with Crippen molar-refractivity contribution in [1.82, 2.24) is 4.98 Å². The van der Waals surface area contributed by atoms with Crippen molar-refractivity contribution in [2.75, 3.05) is 0 Å². The highest BCUT2D eigenvalue weighted by atomic mass is 79.9. The molecule has 1 heterocycles. The molecule has 16 heavy (non-hydrogen) atoms. The van der Waals surface area contributed by atoms with Crippen LogP contribution >= 0.6 is 15.9 Å². The number of hydrogen-bond acceptors (Lipinski definition) is 2. The number of aryl methyl sites for hydroxylation is 1. The van der Waals surface area contributed by atoms with Gasteiger partial charge in [-0.05, 0) is 18.6 Å². The van der Waals surface area contributed by atoms with E-state index in [9.17, 15) is 8.78 Å². The lowest BCUT2D eigenvalue weighted by Gasteiger charge is -2.03. The maximum absolute atomic E-state index is 13.6. The summed E-state index contributed by atoms with van der Waals surface area (Å²) in [6, 6.07) is 2.27. The first-order chi connectivity index (χ1) is 7.63. The van der Waals surface area contributed by atoms with E-state index >= 15 is 0 Å². The molecular weight excluding hydrogens is 280 g/mol. The molecule has 2 aromatic rings. The Labute approximate surface area is 99.4 Å². The molecule has 0 aliphatic carbocycles. The molecule has 0 spiro atoms. The Morgan fingerprint density at radius 1 is 1.31 bits per heavy atom. The quantitative estimate of drug-likeness (QED) is 0.785. The van der Waals surface area contributed by atoms with Gasteiger partial charge in [-0.2, -0.15) is 0 Å². The zero-order valence-corrected chi connectivity index (χ0v) is 10.0. The summed E-state index contributed by atoms with van der Waals surface area (Å²) in [5, 5.41) is 0.453. The van der Waals surface area contributed by atoms with Crippen molar-refractivity contribution in [2.45, 2.75) is 12.3 Å². The average Bonchev–Trinajstić information content (AvgIpc) is 2.71. The average molecular weight is 288 g/mol. The van der Waals surface area contributed by atoms with Crippen LogP contribution < -0.4 is 0 Å². The number of benzene rings is 1. The molecule has 0 amide bonds. The molecule has 0 fully saturated rings. The van der Waals surface area contributed by atoms with Crippen molar-refractivity contribution in [2.24, 2.45) is 0 Å². The van der Waals surface area contributed by atoms with Crippen molar-refractivity contribution in [1.29, 1.82) is 0 Å². The molecule has 0 N–H and O–H groups in total. The summed E-state index contributed by atoms with van der Waals surface area (Å²) in [5.74, 6) is -0.888. The van der Waals surface area contributed by atoms with Crippen molar-refractivity contribution in [3.63, 3.8) is 0 Å². The molecule has 0 unspecified atom stereocenters. The molecular formula is C11H8BrF2NO. The Morgan fingerprint density at radius 3 is 2.75 bits per heavy atom. The molecule has 1 aromatic heterocycles. The molecule has 0 atom stereocenters. The van der Waals surface area contributed by atoms with E-state index < -0.39 is 11.6 Å². The molecule has 0 aliphatic rings. The molecule has 84 valence electrons. The van der Waals surface area contributed by atoms with Gasteiger partial charge in [-0.3, -0.25) is 0 Å². The Morgan fingerprint density at radius 2 is 2.06 bits per heavy atom. The van der Waals surface area contributed by atoms with Crippen molar-refractivity contribution in [3.8, 4) is 11.3 Å². The Bertz CT molecular complexity index is 525. The van der Waals surface area contributed by atoms with Crippen LogP contribution in [-0.4, -0.2) is 4.98 Å². The van der Waals surface area contributed by atoms with Gasteiger partial charge >= 0.3 is 0 Å². The van der Waals surface area contributed by atoms with Crippen molar-refractivity contribution in [3.05, 3.63) is 41.4 Å². The number of oxazole rings is 1. The molecule has 1 aromatic carbocycles. The summed E-state index contributed by atoms with van der Waals surface area (Å²) in [6.07, 6.45) is 1.24. The zero-order chi connectivity index (χ0) is 11.7. The van der Waals surface area contributed by atoms with Crippen LogP contribution in [0.2, 0.25) is 0 Å². The minimum atomic E-state index is -0.651. The van der Waals surface area contributed by atoms with Gasteiger partial charge in [0.05, 0.1) is 11.3 Å². The highest BCUT2D eigenvalue weighted by molar-refractivity contribution is 9.08. The van der Waals surface area contributed by atoms with Crippen LogP contribution in [0.25, 0.3) is 11.3 Å². The number of aromatic nitrogens is 1. The number of hydrogen-bond donors (Lipinski definition) is 0. The fourth-order valence-corrected chi connectivity index (χ4v) is 1.81. The third-order valence-corrected chi connectivity index (χ3v) is 2.79. The minimum Gasteiger partial charge on any atom is -0.443 e. The van der Waals surface area contributed by atoms with E-state index in [-0.39, 0.29) is 5.56 Å². The smallest absolute Gasteiger partial charge is 0.181 e. The van der Waals surface area contributed by atoms with Crippen LogP contribution in [-0.2, 0) is 5.33 Å². The largest absolute Gasteiger partial charge is 0.443 e. The van der Waals surface area contributed by atoms with Gasteiger partial charge in [0.25, 0.3) is 0 Å². The summed E-state index contributed by atoms with van der Waals surface area (Å²) >= 11 is 3.22. The summed E-state index contributed by atoms with van der Waals surface area (Å²) in [7, 11) is 0. The zero-order valence-electron chi connectivity index (χ0n) is 8.43. The second kappa shape index (κ2) is 4.33. The summed E-state index contributed by atoms with van der Waals surface area (Å²) in [4.78, 5) is 3.93. The first-order valence-electron chi connectivity index (χ1n) is 4.58. The highest BCUT2D eigenvalue weighted by Crippen LogP contribution is 2.29. The molecule has 5 heteroatoms. The number of alkyl halides is 1. The topological polar surface area (TPSA) is 26.0 Å². The monoisotopic (exact) mass is 287 g/mol. The van der Waals surface area contributed by atoms with Crippen LogP contribution in [0.1, 0.15) is 11.3 Å². The SMILES string of the molecule is Cc1cc(-c2ocnc2CBr)c(F)cc1F. The normalized spacial score (nSPS) is 10.8. The molecule has 0 bridgehead atoms. The lowest BCUT2D eigenvalue weighted by Crippen LogP contribution is -1.91. The lowest BCUT2D eigenvalue weighted by molar-refractivity contribution is 0.552. The Hall–Kier alpha value is -1.23. The maximum Gasteiger partial charge on any atom is 0.181 e. The third-order valence-electron chi connectivity index (χ3n) is 2.26. The van der Waals surface area contributed by atoms with Gasteiger partial charge in [0.2, 0.25) is 0 Å². The predicted octanol–water partition coefficient (Wildman–Crippen LogP) is 3.82. The fourth-order valence-electron chi connectivity index (χ4n) is 1.41. The van der Waals surface area contributed by atoms with E-state index in [2.05, 4.69) is 20.9 Å².